The van der Waals surface area contributed by atoms with Crippen molar-refractivity contribution < 1.29 is 8.42 Å². The number of hydrogen-bond acceptors (Lipinski definition) is 3. The van der Waals surface area contributed by atoms with Crippen molar-refractivity contribution in [1.82, 2.24) is 14.5 Å². The van der Waals surface area contributed by atoms with Gasteiger partial charge in [-0.2, -0.15) is 5.10 Å². The third-order valence-electron chi connectivity index (χ3n) is 5.06. The Morgan fingerprint density at radius 2 is 1.80 bits per heavy atom. The van der Waals surface area contributed by atoms with E-state index in [4.69, 9.17) is 0 Å². The van der Waals surface area contributed by atoms with Gasteiger partial charge in [0.25, 0.3) is 0 Å². The molecule has 0 aliphatic carbocycles. The van der Waals surface area contributed by atoms with E-state index in [0.29, 0.717) is 19.0 Å². The molecule has 5 nitrogen and oxygen atoms in total. The Morgan fingerprint density at radius 1 is 1.08 bits per heavy atom. The first-order valence-electron chi connectivity index (χ1n) is 8.50. The summed E-state index contributed by atoms with van der Waals surface area (Å²) in [6.45, 7) is 1.16. The average Bonchev–Trinajstić information content (AvgIpc) is 3.09. The normalized spacial score (nSPS) is 17.2. The summed E-state index contributed by atoms with van der Waals surface area (Å²) in [4.78, 5) is 0. The number of fused-ring (bicyclic) bond motifs is 1. The predicted octanol–water partition coefficient (Wildman–Crippen LogP) is 3.37. The summed E-state index contributed by atoms with van der Waals surface area (Å²) in [6, 6.07) is 14.7. The maximum atomic E-state index is 11.8. The van der Waals surface area contributed by atoms with Gasteiger partial charge >= 0.3 is 0 Å². The lowest BCUT2D eigenvalue weighted by molar-refractivity contribution is 0.322. The average molecular weight is 355 g/mol. The number of benzene rings is 2. The van der Waals surface area contributed by atoms with Crippen LogP contribution in [0.15, 0.2) is 48.7 Å². The summed E-state index contributed by atoms with van der Waals surface area (Å²) in [5.41, 5.74) is 4.63. The Morgan fingerprint density at radius 3 is 2.48 bits per heavy atom. The number of piperidine rings is 1. The molecule has 1 N–H and O–H groups in total. The molecular weight excluding hydrogens is 334 g/mol. The highest BCUT2D eigenvalue weighted by atomic mass is 32.2. The number of hydrogen-bond donors (Lipinski definition) is 1. The molecule has 4 rings (SSSR count). The molecule has 3 aromatic rings. The van der Waals surface area contributed by atoms with Crippen molar-refractivity contribution >= 4 is 20.9 Å². The molecule has 0 atom stereocenters. The summed E-state index contributed by atoms with van der Waals surface area (Å²) >= 11 is 0. The van der Waals surface area contributed by atoms with Gasteiger partial charge in [-0.1, -0.05) is 36.4 Å². The van der Waals surface area contributed by atoms with Crippen LogP contribution in [0.1, 0.15) is 24.3 Å². The first-order chi connectivity index (χ1) is 12.0. The molecule has 6 heteroatoms. The zero-order valence-electron chi connectivity index (χ0n) is 14.1. The molecule has 1 fully saturated rings. The molecule has 2 aromatic carbocycles. The van der Waals surface area contributed by atoms with Gasteiger partial charge < -0.3 is 0 Å². The molecule has 0 amide bonds. The van der Waals surface area contributed by atoms with E-state index >= 15 is 0 Å². The Hall–Kier alpha value is -2.18. The summed E-state index contributed by atoms with van der Waals surface area (Å²) in [5, 5.41) is 8.44. The van der Waals surface area contributed by atoms with Crippen molar-refractivity contribution in [2.75, 3.05) is 19.3 Å². The maximum Gasteiger partial charge on any atom is 0.211 e. The van der Waals surface area contributed by atoms with Gasteiger partial charge in [0.2, 0.25) is 10.0 Å². The van der Waals surface area contributed by atoms with E-state index in [-0.39, 0.29) is 0 Å². The van der Waals surface area contributed by atoms with Crippen LogP contribution >= 0.6 is 0 Å². The molecular formula is C19H21N3O2S. The maximum absolute atomic E-state index is 11.8. The van der Waals surface area contributed by atoms with Crippen molar-refractivity contribution in [3.63, 3.8) is 0 Å². The van der Waals surface area contributed by atoms with Crippen molar-refractivity contribution in [2.24, 2.45) is 0 Å². The van der Waals surface area contributed by atoms with Crippen molar-refractivity contribution in [2.45, 2.75) is 18.8 Å². The van der Waals surface area contributed by atoms with Gasteiger partial charge in [0.15, 0.2) is 0 Å². The van der Waals surface area contributed by atoms with Gasteiger partial charge in [0.05, 0.1) is 18.0 Å². The first-order valence-corrected chi connectivity index (χ1v) is 10.3. The lowest BCUT2D eigenvalue weighted by Gasteiger charge is -2.31. The Balaban J connectivity index is 1.71. The fraction of sp³-hybridized carbons (Fsp3) is 0.316. The third-order valence-corrected chi connectivity index (χ3v) is 6.36. The van der Waals surface area contributed by atoms with Crippen LogP contribution in [0.3, 0.4) is 0 Å². The minimum atomic E-state index is -3.10. The second-order valence-electron chi connectivity index (χ2n) is 6.70. The predicted molar refractivity (Wildman–Crippen MR) is 99.9 cm³/mol. The van der Waals surface area contributed by atoms with E-state index in [9.17, 15) is 8.42 Å². The van der Waals surface area contributed by atoms with E-state index in [0.717, 1.165) is 29.3 Å². The molecule has 130 valence electrons. The summed E-state index contributed by atoms with van der Waals surface area (Å²) in [6.07, 6.45) is 4.84. The van der Waals surface area contributed by atoms with Crippen LogP contribution in [0.4, 0.5) is 0 Å². The highest BCUT2D eigenvalue weighted by molar-refractivity contribution is 7.88. The van der Waals surface area contributed by atoms with E-state index in [2.05, 4.69) is 34.5 Å². The number of aromatic amines is 1. The Labute approximate surface area is 147 Å². The van der Waals surface area contributed by atoms with Gasteiger partial charge in [-0.3, -0.25) is 5.10 Å². The fourth-order valence-corrected chi connectivity index (χ4v) is 4.59. The highest BCUT2D eigenvalue weighted by Crippen LogP contribution is 2.36. The number of nitrogens with one attached hydrogen (secondary N) is 1. The topological polar surface area (TPSA) is 66.1 Å². The zero-order valence-corrected chi connectivity index (χ0v) is 15.0. The number of aromatic nitrogens is 2. The second kappa shape index (κ2) is 6.28. The van der Waals surface area contributed by atoms with E-state index < -0.39 is 10.0 Å². The molecule has 2 heterocycles. The molecule has 0 spiro atoms. The molecule has 1 aliphatic rings. The summed E-state index contributed by atoms with van der Waals surface area (Å²) in [5.74, 6) is 0.349. The quantitative estimate of drug-likeness (QED) is 0.783. The lowest BCUT2D eigenvalue weighted by atomic mass is 9.86. The molecule has 25 heavy (non-hydrogen) atoms. The van der Waals surface area contributed by atoms with E-state index in [1.807, 2.05) is 24.4 Å². The molecule has 1 aromatic heterocycles. The van der Waals surface area contributed by atoms with Crippen LogP contribution in [0.25, 0.3) is 22.0 Å². The SMILES string of the molecule is CS(=O)(=O)N1CCC(c2cc(-c3ccccc3)cc3[nH]ncc23)CC1. The fourth-order valence-electron chi connectivity index (χ4n) is 3.71. The molecule has 0 unspecified atom stereocenters. The van der Waals surface area contributed by atoms with E-state index in [1.54, 1.807) is 4.31 Å². The number of H-pyrrole nitrogens is 1. The van der Waals surface area contributed by atoms with Crippen LogP contribution in [0, 0.1) is 0 Å². The smallest absolute Gasteiger partial charge is 0.211 e. The first kappa shape index (κ1) is 16.3. The summed E-state index contributed by atoms with van der Waals surface area (Å²) < 4.78 is 25.1. The van der Waals surface area contributed by atoms with Crippen LogP contribution in [-0.4, -0.2) is 42.3 Å². The van der Waals surface area contributed by atoms with E-state index in [1.165, 1.54) is 17.4 Å². The minimum Gasteiger partial charge on any atom is -0.278 e. The van der Waals surface area contributed by atoms with Gasteiger partial charge in [-0.05, 0) is 41.5 Å². The Kier molecular flexibility index (Phi) is 4.09. The Bertz CT molecular complexity index is 988. The third kappa shape index (κ3) is 3.19. The lowest BCUT2D eigenvalue weighted by Crippen LogP contribution is -2.37. The van der Waals surface area contributed by atoms with Crippen LogP contribution in [0.5, 0.6) is 0 Å². The van der Waals surface area contributed by atoms with Gasteiger partial charge in [-0.25, -0.2) is 12.7 Å². The van der Waals surface area contributed by atoms with Gasteiger partial charge in [-0.15, -0.1) is 0 Å². The summed E-state index contributed by atoms with van der Waals surface area (Å²) in [7, 11) is -3.10. The molecule has 0 radical (unpaired) electrons. The minimum absolute atomic E-state index is 0.349. The van der Waals surface area contributed by atoms with Crippen LogP contribution in [0.2, 0.25) is 0 Å². The molecule has 0 bridgehead atoms. The number of nitrogens with zero attached hydrogens (tertiary/aromatic N) is 2. The van der Waals surface area contributed by atoms with Crippen LogP contribution in [-0.2, 0) is 10.0 Å². The van der Waals surface area contributed by atoms with Crippen molar-refractivity contribution in [3.05, 3.63) is 54.2 Å². The number of sulfonamides is 1. The monoisotopic (exact) mass is 355 g/mol. The molecule has 1 aliphatic heterocycles. The van der Waals surface area contributed by atoms with Crippen molar-refractivity contribution in [3.8, 4) is 11.1 Å². The van der Waals surface area contributed by atoms with Gasteiger partial charge in [0.1, 0.15) is 0 Å². The van der Waals surface area contributed by atoms with Crippen molar-refractivity contribution in [1.29, 1.82) is 0 Å². The molecule has 1 saturated heterocycles. The highest BCUT2D eigenvalue weighted by Gasteiger charge is 2.27. The largest absolute Gasteiger partial charge is 0.278 e. The molecule has 0 saturated carbocycles. The second-order valence-corrected chi connectivity index (χ2v) is 8.68. The van der Waals surface area contributed by atoms with Gasteiger partial charge in [0, 0.05) is 18.5 Å². The number of rotatable bonds is 3. The standard InChI is InChI=1S/C19H21N3O2S/c1-25(23,24)22-9-7-15(8-10-22)17-11-16(14-5-3-2-4-6-14)12-19-18(17)13-20-21-19/h2-6,11-13,15H,7-10H2,1H3,(H,20,21). The van der Waals surface area contributed by atoms with Crippen LogP contribution < -0.4 is 0 Å². The zero-order chi connectivity index (χ0) is 17.4.